The lowest BCUT2D eigenvalue weighted by Gasteiger charge is -2.34. The summed E-state index contributed by atoms with van der Waals surface area (Å²) in [5.74, 6) is -0.384. The molecule has 15 heavy (non-hydrogen) atoms. The molecule has 0 N–H and O–H groups in total. The Hall–Kier alpha value is -1.38. The van der Waals surface area contributed by atoms with Crippen LogP contribution in [0.3, 0.4) is 0 Å². The molecular formula is C12H16FNO. The van der Waals surface area contributed by atoms with Crippen LogP contribution >= 0.6 is 0 Å². The van der Waals surface area contributed by atoms with E-state index in [2.05, 4.69) is 0 Å². The maximum absolute atomic E-state index is 13.2. The van der Waals surface area contributed by atoms with Crippen LogP contribution in [0, 0.1) is 5.82 Å². The minimum absolute atomic E-state index is 0.103. The number of anilines is 1. The fraction of sp³-hybridized carbons (Fsp3) is 0.417. The number of hydrogen-bond acceptors (Lipinski definition) is 2. The second-order valence-corrected chi connectivity index (χ2v) is 4.59. The van der Waals surface area contributed by atoms with E-state index < -0.39 is 0 Å². The molecule has 0 amide bonds. The molecule has 3 heteroatoms. The molecule has 1 aromatic rings. The standard InChI is InChI=1S/C12H16FNO/c1-12(2,3)14(4)11-6-9(8-15)5-10(13)7-11/h5-8H,1-4H3. The van der Waals surface area contributed by atoms with Gasteiger partial charge in [0.1, 0.15) is 12.1 Å². The molecule has 0 saturated heterocycles. The van der Waals surface area contributed by atoms with Crippen molar-refractivity contribution in [3.05, 3.63) is 29.6 Å². The summed E-state index contributed by atoms with van der Waals surface area (Å²) in [4.78, 5) is 12.5. The summed E-state index contributed by atoms with van der Waals surface area (Å²) < 4.78 is 13.2. The van der Waals surface area contributed by atoms with E-state index >= 15 is 0 Å². The fourth-order valence-electron chi connectivity index (χ4n) is 1.25. The van der Waals surface area contributed by atoms with Crippen molar-refractivity contribution in [3.63, 3.8) is 0 Å². The number of benzene rings is 1. The fourth-order valence-corrected chi connectivity index (χ4v) is 1.25. The zero-order valence-corrected chi connectivity index (χ0v) is 9.54. The van der Waals surface area contributed by atoms with Crippen molar-refractivity contribution in [2.24, 2.45) is 0 Å². The molecule has 0 spiro atoms. The van der Waals surface area contributed by atoms with Gasteiger partial charge in [0.2, 0.25) is 0 Å². The van der Waals surface area contributed by atoms with E-state index in [0.29, 0.717) is 17.5 Å². The molecule has 0 radical (unpaired) electrons. The number of nitrogens with zero attached hydrogens (tertiary/aromatic N) is 1. The number of carbonyl (C=O) groups is 1. The summed E-state index contributed by atoms with van der Waals surface area (Å²) >= 11 is 0. The number of carbonyl (C=O) groups excluding carboxylic acids is 1. The van der Waals surface area contributed by atoms with Gasteiger partial charge in [0.15, 0.2) is 0 Å². The molecule has 82 valence electrons. The topological polar surface area (TPSA) is 20.3 Å². The number of halogens is 1. The molecule has 1 aromatic carbocycles. The van der Waals surface area contributed by atoms with Crippen molar-refractivity contribution in [2.75, 3.05) is 11.9 Å². The Morgan fingerprint density at radius 1 is 1.27 bits per heavy atom. The lowest BCUT2D eigenvalue weighted by Crippen LogP contribution is -2.38. The van der Waals surface area contributed by atoms with Crippen LogP contribution < -0.4 is 4.90 Å². The third kappa shape index (κ3) is 2.78. The lowest BCUT2D eigenvalue weighted by atomic mass is 10.1. The van der Waals surface area contributed by atoms with Crippen LogP contribution in [0.4, 0.5) is 10.1 Å². The quantitative estimate of drug-likeness (QED) is 0.698. The molecule has 1 rings (SSSR count). The summed E-state index contributed by atoms with van der Waals surface area (Å²) in [6.45, 7) is 6.08. The van der Waals surface area contributed by atoms with Gasteiger partial charge >= 0.3 is 0 Å². The Morgan fingerprint density at radius 2 is 1.87 bits per heavy atom. The minimum Gasteiger partial charge on any atom is -0.370 e. The smallest absolute Gasteiger partial charge is 0.150 e. The van der Waals surface area contributed by atoms with E-state index in [9.17, 15) is 9.18 Å². The maximum atomic E-state index is 13.2. The zero-order valence-electron chi connectivity index (χ0n) is 9.54. The monoisotopic (exact) mass is 209 g/mol. The van der Waals surface area contributed by atoms with Crippen LogP contribution in [0.5, 0.6) is 0 Å². The molecule has 0 heterocycles. The number of rotatable bonds is 2. The van der Waals surface area contributed by atoms with Crippen molar-refractivity contribution in [1.29, 1.82) is 0 Å². The average Bonchev–Trinajstić information content (AvgIpc) is 2.14. The van der Waals surface area contributed by atoms with Crippen molar-refractivity contribution < 1.29 is 9.18 Å². The van der Waals surface area contributed by atoms with Gasteiger partial charge < -0.3 is 4.90 Å². The predicted octanol–water partition coefficient (Wildman–Crippen LogP) is 2.87. The first-order valence-electron chi connectivity index (χ1n) is 4.84. The number of aldehydes is 1. The van der Waals surface area contributed by atoms with Gasteiger partial charge in [-0.1, -0.05) is 0 Å². The highest BCUT2D eigenvalue weighted by molar-refractivity contribution is 5.77. The minimum atomic E-state index is -0.384. The Balaban J connectivity index is 3.14. The second kappa shape index (κ2) is 4.01. The van der Waals surface area contributed by atoms with Gasteiger partial charge in [-0.3, -0.25) is 4.79 Å². The molecule has 0 aromatic heterocycles. The largest absolute Gasteiger partial charge is 0.370 e. The summed E-state index contributed by atoms with van der Waals surface area (Å²) in [5.41, 5.74) is 0.971. The highest BCUT2D eigenvalue weighted by Gasteiger charge is 2.18. The molecule has 0 bridgehead atoms. The molecule has 0 aliphatic rings. The third-order valence-corrected chi connectivity index (χ3v) is 2.43. The van der Waals surface area contributed by atoms with E-state index in [-0.39, 0.29) is 11.4 Å². The van der Waals surface area contributed by atoms with Gasteiger partial charge in [-0.2, -0.15) is 0 Å². The van der Waals surface area contributed by atoms with Crippen LogP contribution in [0.2, 0.25) is 0 Å². The molecule has 0 fully saturated rings. The summed E-state index contributed by atoms with van der Waals surface area (Å²) in [7, 11) is 1.88. The van der Waals surface area contributed by atoms with Crippen LogP contribution in [-0.4, -0.2) is 18.9 Å². The zero-order chi connectivity index (χ0) is 11.6. The van der Waals surface area contributed by atoms with E-state index in [4.69, 9.17) is 0 Å². The van der Waals surface area contributed by atoms with Crippen molar-refractivity contribution in [1.82, 2.24) is 0 Å². The van der Waals surface area contributed by atoms with E-state index in [1.165, 1.54) is 12.1 Å². The number of hydrogen-bond donors (Lipinski definition) is 0. The van der Waals surface area contributed by atoms with E-state index in [1.807, 2.05) is 32.7 Å². The van der Waals surface area contributed by atoms with Gasteiger partial charge in [-0.25, -0.2) is 4.39 Å². The summed E-state index contributed by atoms with van der Waals surface area (Å²) in [6, 6.07) is 4.34. The maximum Gasteiger partial charge on any atom is 0.150 e. The molecule has 0 atom stereocenters. The first-order valence-corrected chi connectivity index (χ1v) is 4.84. The molecule has 2 nitrogen and oxygen atoms in total. The molecule has 0 aliphatic carbocycles. The highest BCUT2D eigenvalue weighted by Crippen LogP contribution is 2.23. The molecular weight excluding hydrogens is 193 g/mol. The van der Waals surface area contributed by atoms with Gasteiger partial charge in [0, 0.05) is 23.8 Å². The van der Waals surface area contributed by atoms with Crippen LogP contribution in [-0.2, 0) is 0 Å². The van der Waals surface area contributed by atoms with Gasteiger partial charge in [0.25, 0.3) is 0 Å². The molecule has 0 aliphatic heterocycles. The Kier molecular flexibility index (Phi) is 3.12. The van der Waals surface area contributed by atoms with Crippen LogP contribution in [0.1, 0.15) is 31.1 Å². The summed E-state index contributed by atoms with van der Waals surface area (Å²) in [5, 5.41) is 0. The average molecular weight is 209 g/mol. The Labute approximate surface area is 89.7 Å². The van der Waals surface area contributed by atoms with Crippen molar-refractivity contribution in [3.8, 4) is 0 Å². The SMILES string of the molecule is CN(c1cc(F)cc(C=O)c1)C(C)(C)C. The first kappa shape index (κ1) is 11.7. The van der Waals surface area contributed by atoms with Crippen LogP contribution in [0.25, 0.3) is 0 Å². The first-order chi connectivity index (χ1) is 6.84. The van der Waals surface area contributed by atoms with E-state index in [0.717, 1.165) is 0 Å². The van der Waals surface area contributed by atoms with Gasteiger partial charge in [-0.15, -0.1) is 0 Å². The Morgan fingerprint density at radius 3 is 2.33 bits per heavy atom. The third-order valence-electron chi connectivity index (χ3n) is 2.43. The van der Waals surface area contributed by atoms with E-state index in [1.54, 1.807) is 6.07 Å². The highest BCUT2D eigenvalue weighted by atomic mass is 19.1. The van der Waals surface area contributed by atoms with Crippen molar-refractivity contribution >= 4 is 12.0 Å². The van der Waals surface area contributed by atoms with Gasteiger partial charge in [-0.05, 0) is 39.0 Å². The van der Waals surface area contributed by atoms with Gasteiger partial charge in [0.05, 0.1) is 0 Å². The predicted molar refractivity (Wildman–Crippen MR) is 59.9 cm³/mol. The second-order valence-electron chi connectivity index (χ2n) is 4.59. The van der Waals surface area contributed by atoms with Crippen molar-refractivity contribution in [2.45, 2.75) is 26.3 Å². The summed E-state index contributed by atoms with van der Waals surface area (Å²) in [6.07, 6.45) is 0.656. The molecule has 0 unspecified atom stereocenters. The van der Waals surface area contributed by atoms with Crippen LogP contribution in [0.15, 0.2) is 18.2 Å². The Bertz CT molecular complexity index is 368. The lowest BCUT2D eigenvalue weighted by molar-refractivity contribution is 0.112. The normalized spacial score (nSPS) is 11.3. The molecule has 0 saturated carbocycles.